The molecule has 0 aliphatic carbocycles. The number of aliphatic hydroxyl groups is 1. The molecule has 0 fully saturated rings. The van der Waals surface area contributed by atoms with Gasteiger partial charge < -0.3 is 15.2 Å². The summed E-state index contributed by atoms with van der Waals surface area (Å²) in [6.07, 6.45) is 0.571. The lowest BCUT2D eigenvalue weighted by Gasteiger charge is -2.20. The van der Waals surface area contributed by atoms with Crippen molar-refractivity contribution in [2.75, 3.05) is 13.7 Å². The minimum Gasteiger partial charge on any atom is -0.496 e. The fourth-order valence-corrected chi connectivity index (χ4v) is 2.33. The Bertz CT molecular complexity index is 390. The Morgan fingerprint density at radius 2 is 1.95 bits per heavy atom. The molecule has 0 aromatic heterocycles. The molecule has 0 radical (unpaired) electrons. The summed E-state index contributed by atoms with van der Waals surface area (Å²) in [6, 6.07) is 6.29. The first-order valence-electron chi connectivity index (χ1n) is 7.00. The Kier molecular flexibility index (Phi) is 6.32. The molecule has 0 spiro atoms. The Balaban J connectivity index is 2.62. The van der Waals surface area contributed by atoms with Crippen LogP contribution in [-0.4, -0.2) is 24.8 Å². The predicted octanol–water partition coefficient (Wildman–Crippen LogP) is 3.06. The largest absolute Gasteiger partial charge is 0.496 e. The Labute approximate surface area is 117 Å². The van der Waals surface area contributed by atoms with E-state index in [1.807, 2.05) is 25.1 Å². The molecular formula is C16H27NO2. The first kappa shape index (κ1) is 16.0. The van der Waals surface area contributed by atoms with Gasteiger partial charge in [-0.05, 0) is 38.3 Å². The molecule has 19 heavy (non-hydrogen) atoms. The summed E-state index contributed by atoms with van der Waals surface area (Å²) in [5.74, 6) is 1.41. The average molecular weight is 265 g/mol. The number of rotatable bonds is 7. The highest BCUT2D eigenvalue weighted by atomic mass is 16.5. The second-order valence-electron chi connectivity index (χ2n) is 5.70. The number of ether oxygens (including phenoxy) is 1. The molecule has 0 bridgehead atoms. The fraction of sp³-hybridized carbons (Fsp3) is 0.625. The van der Waals surface area contributed by atoms with Gasteiger partial charge in [-0.25, -0.2) is 0 Å². The van der Waals surface area contributed by atoms with Crippen LogP contribution in [0.25, 0.3) is 0 Å². The number of aliphatic hydroxyl groups excluding tert-OH is 1. The van der Waals surface area contributed by atoms with E-state index in [0.717, 1.165) is 23.3 Å². The summed E-state index contributed by atoms with van der Waals surface area (Å²) >= 11 is 0. The van der Waals surface area contributed by atoms with Crippen LogP contribution in [0.5, 0.6) is 5.75 Å². The zero-order valence-electron chi connectivity index (χ0n) is 12.7. The lowest BCUT2D eigenvalue weighted by atomic mass is 10.0. The Hall–Kier alpha value is -1.06. The third kappa shape index (κ3) is 5.21. The van der Waals surface area contributed by atoms with Gasteiger partial charge in [0.25, 0.3) is 0 Å². The van der Waals surface area contributed by atoms with Gasteiger partial charge in [-0.15, -0.1) is 0 Å². The highest BCUT2D eigenvalue weighted by Gasteiger charge is 2.14. The summed E-state index contributed by atoms with van der Waals surface area (Å²) in [5.41, 5.74) is 1.98. The van der Waals surface area contributed by atoms with Crippen molar-refractivity contribution in [3.8, 4) is 5.75 Å². The molecule has 1 aromatic rings. The quantitative estimate of drug-likeness (QED) is 0.796. The van der Waals surface area contributed by atoms with Gasteiger partial charge in [-0.2, -0.15) is 0 Å². The molecule has 3 heteroatoms. The SMILES string of the molecule is COc1ccc(C)cc1C(O)CNC(C)CC(C)C. The first-order chi connectivity index (χ1) is 8.93. The van der Waals surface area contributed by atoms with Crippen LogP contribution in [0.15, 0.2) is 18.2 Å². The van der Waals surface area contributed by atoms with E-state index in [4.69, 9.17) is 4.74 Å². The van der Waals surface area contributed by atoms with Crippen molar-refractivity contribution in [2.24, 2.45) is 5.92 Å². The van der Waals surface area contributed by atoms with E-state index in [0.29, 0.717) is 18.5 Å². The predicted molar refractivity (Wildman–Crippen MR) is 79.6 cm³/mol. The van der Waals surface area contributed by atoms with E-state index in [1.54, 1.807) is 7.11 Å². The van der Waals surface area contributed by atoms with Crippen LogP contribution in [-0.2, 0) is 0 Å². The second kappa shape index (κ2) is 7.51. The summed E-state index contributed by atoms with van der Waals surface area (Å²) in [7, 11) is 1.63. The number of methoxy groups -OCH3 is 1. The van der Waals surface area contributed by atoms with E-state index < -0.39 is 6.10 Å². The number of nitrogens with one attached hydrogen (secondary N) is 1. The van der Waals surface area contributed by atoms with E-state index in [9.17, 15) is 5.11 Å². The molecule has 0 saturated carbocycles. The van der Waals surface area contributed by atoms with Gasteiger partial charge >= 0.3 is 0 Å². The van der Waals surface area contributed by atoms with Crippen LogP contribution >= 0.6 is 0 Å². The van der Waals surface area contributed by atoms with Crippen molar-refractivity contribution in [1.29, 1.82) is 0 Å². The van der Waals surface area contributed by atoms with Crippen molar-refractivity contribution < 1.29 is 9.84 Å². The molecule has 1 rings (SSSR count). The summed E-state index contributed by atoms with van der Waals surface area (Å²) in [5, 5.41) is 13.7. The zero-order chi connectivity index (χ0) is 14.4. The maximum Gasteiger partial charge on any atom is 0.124 e. The van der Waals surface area contributed by atoms with Crippen molar-refractivity contribution in [2.45, 2.75) is 46.3 Å². The highest BCUT2D eigenvalue weighted by Crippen LogP contribution is 2.26. The van der Waals surface area contributed by atoms with Crippen LogP contribution in [0.4, 0.5) is 0 Å². The lowest BCUT2D eigenvalue weighted by Crippen LogP contribution is -2.31. The van der Waals surface area contributed by atoms with Gasteiger partial charge in [0, 0.05) is 18.2 Å². The standard InChI is InChI=1S/C16H27NO2/c1-11(2)8-13(4)17-10-15(18)14-9-12(3)6-7-16(14)19-5/h6-7,9,11,13,15,17-18H,8,10H2,1-5H3. The smallest absolute Gasteiger partial charge is 0.124 e. The molecule has 0 aliphatic heterocycles. The van der Waals surface area contributed by atoms with Crippen LogP contribution in [0.2, 0.25) is 0 Å². The van der Waals surface area contributed by atoms with Crippen LogP contribution in [0.1, 0.15) is 44.4 Å². The van der Waals surface area contributed by atoms with Gasteiger partial charge in [0.15, 0.2) is 0 Å². The maximum absolute atomic E-state index is 10.3. The van der Waals surface area contributed by atoms with Crippen LogP contribution in [0.3, 0.4) is 0 Å². The van der Waals surface area contributed by atoms with E-state index >= 15 is 0 Å². The maximum atomic E-state index is 10.3. The van der Waals surface area contributed by atoms with Crippen molar-refractivity contribution in [1.82, 2.24) is 5.32 Å². The molecule has 2 unspecified atom stereocenters. The van der Waals surface area contributed by atoms with Crippen LogP contribution in [0, 0.1) is 12.8 Å². The van der Waals surface area contributed by atoms with Gasteiger partial charge in [0.2, 0.25) is 0 Å². The van der Waals surface area contributed by atoms with Crippen LogP contribution < -0.4 is 10.1 Å². The van der Waals surface area contributed by atoms with E-state index in [1.165, 1.54) is 0 Å². The molecule has 2 N–H and O–H groups in total. The molecular weight excluding hydrogens is 238 g/mol. The van der Waals surface area contributed by atoms with Gasteiger partial charge in [-0.1, -0.05) is 25.5 Å². The normalized spacial score (nSPS) is 14.5. The number of aryl methyl sites for hydroxylation is 1. The van der Waals surface area contributed by atoms with Gasteiger partial charge in [0.05, 0.1) is 13.2 Å². The first-order valence-corrected chi connectivity index (χ1v) is 7.00. The van der Waals surface area contributed by atoms with Crippen molar-refractivity contribution >= 4 is 0 Å². The minimum atomic E-state index is -0.538. The summed E-state index contributed by atoms with van der Waals surface area (Å²) in [6.45, 7) is 9.13. The third-order valence-corrected chi connectivity index (χ3v) is 3.23. The van der Waals surface area contributed by atoms with Crippen molar-refractivity contribution in [3.05, 3.63) is 29.3 Å². The topological polar surface area (TPSA) is 41.5 Å². The molecule has 3 nitrogen and oxygen atoms in total. The monoisotopic (exact) mass is 265 g/mol. The number of hydrogen-bond donors (Lipinski definition) is 2. The van der Waals surface area contributed by atoms with E-state index in [2.05, 4.69) is 26.1 Å². The molecule has 0 aliphatic rings. The number of hydrogen-bond acceptors (Lipinski definition) is 3. The van der Waals surface area contributed by atoms with Gasteiger partial charge in [0.1, 0.15) is 5.75 Å². The Morgan fingerprint density at radius 1 is 1.26 bits per heavy atom. The molecule has 108 valence electrons. The summed E-state index contributed by atoms with van der Waals surface area (Å²) in [4.78, 5) is 0. The fourth-order valence-electron chi connectivity index (χ4n) is 2.33. The van der Waals surface area contributed by atoms with Crippen molar-refractivity contribution in [3.63, 3.8) is 0 Å². The van der Waals surface area contributed by atoms with Gasteiger partial charge in [-0.3, -0.25) is 0 Å². The third-order valence-electron chi connectivity index (χ3n) is 3.23. The zero-order valence-corrected chi connectivity index (χ0v) is 12.7. The minimum absolute atomic E-state index is 0.408. The molecule has 0 amide bonds. The molecule has 0 saturated heterocycles. The molecule has 2 atom stereocenters. The molecule has 0 heterocycles. The summed E-state index contributed by atoms with van der Waals surface area (Å²) < 4.78 is 5.31. The second-order valence-corrected chi connectivity index (χ2v) is 5.70. The average Bonchev–Trinajstić information content (AvgIpc) is 2.35. The molecule has 1 aromatic carbocycles. The van der Waals surface area contributed by atoms with E-state index in [-0.39, 0.29) is 0 Å². The highest BCUT2D eigenvalue weighted by molar-refractivity contribution is 5.38. The number of benzene rings is 1. The Morgan fingerprint density at radius 3 is 2.53 bits per heavy atom. The lowest BCUT2D eigenvalue weighted by molar-refractivity contribution is 0.165.